The number of hydrogen-bond donors (Lipinski definition) is 2. The lowest BCUT2D eigenvalue weighted by molar-refractivity contribution is -0.156. The van der Waals surface area contributed by atoms with Crippen molar-refractivity contribution in [1.29, 1.82) is 0 Å². The highest BCUT2D eigenvalue weighted by molar-refractivity contribution is 6.04. The SMILES string of the molecule is CO/N=C1\C[C@H]2[C@@](C)(C(=O)O)CCC[C@]2(C)c2cc(O)ccc21. The van der Waals surface area contributed by atoms with E-state index in [0.29, 0.717) is 12.8 Å². The van der Waals surface area contributed by atoms with Crippen molar-refractivity contribution in [3.63, 3.8) is 0 Å². The number of carboxylic acids is 1. The van der Waals surface area contributed by atoms with Gasteiger partial charge in [0.05, 0.1) is 11.1 Å². The number of carboxylic acid groups (broad SMARTS) is 1. The number of nitrogens with zero attached hydrogens (tertiary/aromatic N) is 1. The Balaban J connectivity index is 2.23. The molecule has 0 saturated heterocycles. The first-order chi connectivity index (χ1) is 10.8. The number of aliphatic carboxylic acids is 1. The van der Waals surface area contributed by atoms with Gasteiger partial charge in [-0.3, -0.25) is 4.79 Å². The van der Waals surface area contributed by atoms with Crippen LogP contribution >= 0.6 is 0 Å². The molecular formula is C18H23NO4. The molecular weight excluding hydrogens is 294 g/mol. The number of aromatic hydroxyl groups is 1. The molecule has 23 heavy (non-hydrogen) atoms. The maximum Gasteiger partial charge on any atom is 0.309 e. The monoisotopic (exact) mass is 317 g/mol. The van der Waals surface area contributed by atoms with E-state index in [2.05, 4.69) is 12.1 Å². The smallest absolute Gasteiger partial charge is 0.309 e. The van der Waals surface area contributed by atoms with E-state index in [1.807, 2.05) is 13.0 Å². The van der Waals surface area contributed by atoms with Gasteiger partial charge in [-0.25, -0.2) is 0 Å². The molecule has 0 amide bonds. The number of oxime groups is 1. The minimum atomic E-state index is -0.801. The third-order valence-corrected chi connectivity index (χ3v) is 5.95. The highest BCUT2D eigenvalue weighted by atomic mass is 16.6. The molecule has 3 rings (SSSR count). The van der Waals surface area contributed by atoms with Crippen LogP contribution in [0.5, 0.6) is 5.75 Å². The molecule has 2 aliphatic rings. The van der Waals surface area contributed by atoms with Crippen molar-refractivity contribution in [1.82, 2.24) is 0 Å². The number of benzene rings is 1. The molecule has 3 atom stereocenters. The Morgan fingerprint density at radius 3 is 2.74 bits per heavy atom. The van der Waals surface area contributed by atoms with Gasteiger partial charge >= 0.3 is 5.97 Å². The minimum Gasteiger partial charge on any atom is -0.508 e. The lowest BCUT2D eigenvalue weighted by Gasteiger charge is -2.53. The molecule has 5 nitrogen and oxygen atoms in total. The summed E-state index contributed by atoms with van der Waals surface area (Å²) < 4.78 is 0. The van der Waals surface area contributed by atoms with E-state index < -0.39 is 11.4 Å². The number of hydrogen-bond acceptors (Lipinski definition) is 4. The van der Waals surface area contributed by atoms with Crippen LogP contribution in [0.4, 0.5) is 0 Å². The average molecular weight is 317 g/mol. The first-order valence-electron chi connectivity index (χ1n) is 8.00. The van der Waals surface area contributed by atoms with Gasteiger partial charge < -0.3 is 15.1 Å². The fourth-order valence-corrected chi connectivity index (χ4v) is 4.66. The Kier molecular flexibility index (Phi) is 3.62. The standard InChI is InChI=1S/C18H23NO4/c1-17-7-4-8-18(2,16(21)22)15(17)10-14(19-23-3)12-6-5-11(20)9-13(12)17/h5-6,9,15,20H,4,7-8,10H2,1-3H3,(H,21,22)/b19-14+/t15-,17-,18+/m1/s1. The molecule has 2 aliphatic carbocycles. The van der Waals surface area contributed by atoms with E-state index in [4.69, 9.17) is 4.84 Å². The number of fused-ring (bicyclic) bond motifs is 3. The van der Waals surface area contributed by atoms with Crippen molar-refractivity contribution in [2.75, 3.05) is 7.11 Å². The van der Waals surface area contributed by atoms with Gasteiger partial charge in [0.1, 0.15) is 12.9 Å². The fourth-order valence-electron chi connectivity index (χ4n) is 4.66. The van der Waals surface area contributed by atoms with Gasteiger partial charge in [-0.1, -0.05) is 18.5 Å². The summed E-state index contributed by atoms with van der Waals surface area (Å²) in [5, 5.41) is 24.0. The predicted molar refractivity (Wildman–Crippen MR) is 86.7 cm³/mol. The summed E-state index contributed by atoms with van der Waals surface area (Å²) in [6.45, 7) is 3.97. The molecule has 0 aliphatic heterocycles. The van der Waals surface area contributed by atoms with E-state index in [1.165, 1.54) is 7.11 Å². The highest BCUT2D eigenvalue weighted by Crippen LogP contribution is 2.57. The Morgan fingerprint density at radius 2 is 2.09 bits per heavy atom. The maximum atomic E-state index is 12.0. The normalized spacial score (nSPS) is 34.6. The Hall–Kier alpha value is -2.04. The summed E-state index contributed by atoms with van der Waals surface area (Å²) in [7, 11) is 1.50. The molecule has 1 aromatic carbocycles. The summed E-state index contributed by atoms with van der Waals surface area (Å²) in [4.78, 5) is 17.0. The summed E-state index contributed by atoms with van der Waals surface area (Å²) in [6.07, 6.45) is 3.01. The van der Waals surface area contributed by atoms with E-state index in [1.54, 1.807) is 12.1 Å². The van der Waals surface area contributed by atoms with Crippen LogP contribution in [0.25, 0.3) is 0 Å². The van der Waals surface area contributed by atoms with Crippen molar-refractivity contribution in [3.05, 3.63) is 29.3 Å². The lowest BCUT2D eigenvalue weighted by atomic mass is 9.49. The Labute approximate surface area is 136 Å². The summed E-state index contributed by atoms with van der Waals surface area (Å²) in [5.74, 6) is -0.636. The van der Waals surface area contributed by atoms with Crippen LogP contribution in [-0.2, 0) is 15.0 Å². The first kappa shape index (κ1) is 15.8. The minimum absolute atomic E-state index is 0.0792. The molecule has 124 valence electrons. The predicted octanol–water partition coefficient (Wildman–Crippen LogP) is 3.30. The average Bonchev–Trinajstić information content (AvgIpc) is 2.49. The van der Waals surface area contributed by atoms with Gasteiger partial charge in [0.15, 0.2) is 0 Å². The number of rotatable bonds is 2. The molecule has 1 fully saturated rings. The molecule has 0 heterocycles. The molecule has 0 radical (unpaired) electrons. The molecule has 0 spiro atoms. The van der Waals surface area contributed by atoms with Crippen LogP contribution in [0.3, 0.4) is 0 Å². The molecule has 0 bridgehead atoms. The molecule has 5 heteroatoms. The number of carbonyl (C=O) groups is 1. The third-order valence-electron chi connectivity index (χ3n) is 5.95. The molecule has 1 aromatic rings. The van der Waals surface area contributed by atoms with Gasteiger partial charge in [-0.05, 0) is 61.3 Å². The Bertz CT molecular complexity index is 684. The lowest BCUT2D eigenvalue weighted by Crippen LogP contribution is -2.53. The van der Waals surface area contributed by atoms with E-state index in [9.17, 15) is 15.0 Å². The van der Waals surface area contributed by atoms with Crippen molar-refractivity contribution >= 4 is 11.7 Å². The molecule has 1 saturated carbocycles. The van der Waals surface area contributed by atoms with E-state index in [0.717, 1.165) is 29.7 Å². The first-order valence-corrected chi connectivity index (χ1v) is 8.00. The van der Waals surface area contributed by atoms with Gasteiger partial charge in [0.2, 0.25) is 0 Å². The van der Waals surface area contributed by atoms with Crippen LogP contribution in [-0.4, -0.2) is 29.0 Å². The second-order valence-corrected chi connectivity index (χ2v) is 7.20. The van der Waals surface area contributed by atoms with Crippen LogP contribution < -0.4 is 0 Å². The van der Waals surface area contributed by atoms with Crippen molar-refractivity contribution in [2.24, 2.45) is 16.5 Å². The third kappa shape index (κ3) is 2.21. The van der Waals surface area contributed by atoms with Gasteiger partial charge in [-0.2, -0.15) is 0 Å². The zero-order chi connectivity index (χ0) is 16.8. The zero-order valence-electron chi connectivity index (χ0n) is 13.8. The van der Waals surface area contributed by atoms with Gasteiger partial charge in [-0.15, -0.1) is 0 Å². The van der Waals surface area contributed by atoms with Gasteiger partial charge in [0.25, 0.3) is 0 Å². The van der Waals surface area contributed by atoms with Crippen molar-refractivity contribution in [2.45, 2.75) is 44.9 Å². The highest BCUT2D eigenvalue weighted by Gasteiger charge is 2.56. The quantitative estimate of drug-likeness (QED) is 0.820. The zero-order valence-corrected chi connectivity index (χ0v) is 13.8. The van der Waals surface area contributed by atoms with Gasteiger partial charge in [0, 0.05) is 5.56 Å². The summed E-state index contributed by atoms with van der Waals surface area (Å²) in [5.41, 5.74) is 1.62. The topological polar surface area (TPSA) is 79.1 Å². The second-order valence-electron chi connectivity index (χ2n) is 7.20. The van der Waals surface area contributed by atoms with E-state index >= 15 is 0 Å². The molecule has 0 unspecified atom stereocenters. The maximum absolute atomic E-state index is 12.0. The van der Waals surface area contributed by atoms with Crippen molar-refractivity contribution < 1.29 is 19.8 Å². The molecule has 0 aromatic heterocycles. The van der Waals surface area contributed by atoms with Crippen LogP contribution in [0, 0.1) is 11.3 Å². The summed E-state index contributed by atoms with van der Waals surface area (Å²) in [6, 6.07) is 5.27. The van der Waals surface area contributed by atoms with Crippen LogP contribution in [0.15, 0.2) is 23.4 Å². The second kappa shape index (κ2) is 5.25. The van der Waals surface area contributed by atoms with Crippen LogP contribution in [0.1, 0.15) is 50.7 Å². The largest absolute Gasteiger partial charge is 0.508 e. The fraction of sp³-hybridized carbons (Fsp3) is 0.556. The molecule has 2 N–H and O–H groups in total. The van der Waals surface area contributed by atoms with E-state index in [-0.39, 0.29) is 17.1 Å². The number of phenolic OH excluding ortho intramolecular Hbond substituents is 1. The number of phenols is 1. The van der Waals surface area contributed by atoms with Crippen LogP contribution in [0.2, 0.25) is 0 Å². The van der Waals surface area contributed by atoms with Crippen molar-refractivity contribution in [3.8, 4) is 5.75 Å². The Morgan fingerprint density at radius 1 is 1.35 bits per heavy atom. The summed E-state index contributed by atoms with van der Waals surface area (Å²) >= 11 is 0.